The van der Waals surface area contributed by atoms with Gasteiger partial charge in [0.15, 0.2) is 0 Å². The van der Waals surface area contributed by atoms with Crippen molar-refractivity contribution in [2.75, 3.05) is 31.3 Å². The molecule has 1 fully saturated rings. The molecule has 4 nitrogen and oxygen atoms in total. The molecule has 1 aliphatic heterocycles. The largest absolute Gasteiger partial charge is 0.397 e. The average molecular weight is 275 g/mol. The van der Waals surface area contributed by atoms with E-state index in [-0.39, 0.29) is 5.91 Å². The van der Waals surface area contributed by atoms with Crippen LogP contribution in [0.2, 0.25) is 0 Å². The first-order valence-corrected chi connectivity index (χ1v) is 7.38. The second-order valence-corrected chi connectivity index (χ2v) is 5.86. The van der Waals surface area contributed by atoms with Crippen LogP contribution in [-0.4, -0.2) is 37.5 Å². The van der Waals surface area contributed by atoms with E-state index in [1.165, 1.54) is 25.7 Å². The zero-order valence-corrected chi connectivity index (χ0v) is 12.7. The van der Waals surface area contributed by atoms with Crippen LogP contribution in [0.25, 0.3) is 0 Å². The van der Waals surface area contributed by atoms with Gasteiger partial charge in [-0.3, -0.25) is 4.79 Å². The van der Waals surface area contributed by atoms with Gasteiger partial charge in [-0.2, -0.15) is 0 Å². The van der Waals surface area contributed by atoms with E-state index in [0.717, 1.165) is 17.9 Å². The fourth-order valence-electron chi connectivity index (χ4n) is 2.82. The minimum atomic E-state index is 0.0220. The molecular weight excluding hydrogens is 250 g/mol. The Morgan fingerprint density at radius 3 is 2.75 bits per heavy atom. The summed E-state index contributed by atoms with van der Waals surface area (Å²) in [7, 11) is 3.54. The van der Waals surface area contributed by atoms with E-state index in [2.05, 4.69) is 11.8 Å². The number of carbonyl (C=O) groups excluding carboxylic acids is 1. The van der Waals surface area contributed by atoms with E-state index in [1.54, 1.807) is 19.0 Å². The van der Waals surface area contributed by atoms with Crippen molar-refractivity contribution in [3.8, 4) is 0 Å². The predicted octanol–water partition coefficient (Wildman–Crippen LogP) is 2.74. The first kappa shape index (κ1) is 14.7. The molecule has 1 saturated heterocycles. The third-order valence-electron chi connectivity index (χ3n) is 4.05. The van der Waals surface area contributed by atoms with Crippen molar-refractivity contribution in [1.29, 1.82) is 0 Å². The molecule has 20 heavy (non-hydrogen) atoms. The third kappa shape index (κ3) is 3.06. The zero-order valence-electron chi connectivity index (χ0n) is 12.7. The van der Waals surface area contributed by atoms with Crippen LogP contribution < -0.4 is 10.6 Å². The summed E-state index contributed by atoms with van der Waals surface area (Å²) in [5.41, 5.74) is 8.61. The number of nitrogen functional groups attached to an aromatic ring is 1. The summed E-state index contributed by atoms with van der Waals surface area (Å²) < 4.78 is 0. The van der Waals surface area contributed by atoms with Gasteiger partial charge in [-0.1, -0.05) is 12.8 Å². The van der Waals surface area contributed by atoms with E-state index in [1.807, 2.05) is 18.2 Å². The van der Waals surface area contributed by atoms with Crippen molar-refractivity contribution in [3.05, 3.63) is 23.8 Å². The minimum absolute atomic E-state index is 0.0220. The molecule has 1 atom stereocenters. The van der Waals surface area contributed by atoms with Gasteiger partial charge < -0.3 is 15.5 Å². The van der Waals surface area contributed by atoms with Gasteiger partial charge in [-0.05, 0) is 38.0 Å². The number of anilines is 2. The van der Waals surface area contributed by atoms with Crippen LogP contribution in [0, 0.1) is 0 Å². The summed E-state index contributed by atoms with van der Waals surface area (Å²) in [6.07, 6.45) is 4.92. The Kier molecular flexibility index (Phi) is 4.53. The number of benzene rings is 1. The van der Waals surface area contributed by atoms with Crippen LogP contribution >= 0.6 is 0 Å². The van der Waals surface area contributed by atoms with E-state index >= 15 is 0 Å². The Hall–Kier alpha value is -1.71. The number of rotatable bonds is 2. The van der Waals surface area contributed by atoms with Crippen molar-refractivity contribution in [1.82, 2.24) is 4.90 Å². The molecule has 0 spiro atoms. The van der Waals surface area contributed by atoms with Crippen LogP contribution in [0.3, 0.4) is 0 Å². The second kappa shape index (κ2) is 6.16. The lowest BCUT2D eigenvalue weighted by atomic mass is 10.1. The fraction of sp³-hybridized carbons (Fsp3) is 0.562. The van der Waals surface area contributed by atoms with Gasteiger partial charge in [-0.25, -0.2) is 0 Å². The van der Waals surface area contributed by atoms with Crippen LogP contribution in [-0.2, 0) is 0 Å². The third-order valence-corrected chi connectivity index (χ3v) is 4.05. The molecule has 1 aromatic rings. The second-order valence-electron chi connectivity index (χ2n) is 5.86. The highest BCUT2D eigenvalue weighted by Gasteiger charge is 2.20. The lowest BCUT2D eigenvalue weighted by Gasteiger charge is -2.31. The standard InChI is InChI=1S/C16H25N3O/c1-12-7-5-4-6-10-19(12)15-11-13(8-9-14(15)17)16(20)18(2)3/h8-9,11-12H,4-7,10,17H2,1-3H3. The Morgan fingerprint density at radius 1 is 1.30 bits per heavy atom. The summed E-state index contributed by atoms with van der Waals surface area (Å²) in [4.78, 5) is 16.1. The van der Waals surface area contributed by atoms with Gasteiger partial charge in [0.2, 0.25) is 0 Å². The maximum atomic E-state index is 12.1. The fourth-order valence-corrected chi connectivity index (χ4v) is 2.82. The van der Waals surface area contributed by atoms with Gasteiger partial charge in [0.25, 0.3) is 5.91 Å². The van der Waals surface area contributed by atoms with Gasteiger partial charge in [0.05, 0.1) is 11.4 Å². The van der Waals surface area contributed by atoms with Crippen molar-refractivity contribution >= 4 is 17.3 Å². The lowest BCUT2D eigenvalue weighted by molar-refractivity contribution is 0.0827. The Bertz CT molecular complexity index is 485. The van der Waals surface area contributed by atoms with E-state index in [9.17, 15) is 4.79 Å². The highest BCUT2D eigenvalue weighted by molar-refractivity contribution is 5.96. The molecular formula is C16H25N3O. The van der Waals surface area contributed by atoms with Crippen LogP contribution in [0.5, 0.6) is 0 Å². The Balaban J connectivity index is 2.34. The molecule has 0 bridgehead atoms. The first-order valence-electron chi connectivity index (χ1n) is 7.38. The number of carbonyl (C=O) groups is 1. The zero-order chi connectivity index (χ0) is 14.7. The van der Waals surface area contributed by atoms with Crippen LogP contribution in [0.1, 0.15) is 43.0 Å². The minimum Gasteiger partial charge on any atom is -0.397 e. The van der Waals surface area contributed by atoms with Crippen LogP contribution in [0.4, 0.5) is 11.4 Å². The van der Waals surface area contributed by atoms with Gasteiger partial charge >= 0.3 is 0 Å². The lowest BCUT2D eigenvalue weighted by Crippen LogP contribution is -2.33. The number of amides is 1. The smallest absolute Gasteiger partial charge is 0.253 e. The molecule has 1 unspecified atom stereocenters. The van der Waals surface area contributed by atoms with E-state index in [4.69, 9.17) is 5.73 Å². The predicted molar refractivity (Wildman–Crippen MR) is 84.1 cm³/mol. The molecule has 0 radical (unpaired) electrons. The normalized spacial score (nSPS) is 19.6. The van der Waals surface area contributed by atoms with Gasteiger partial charge in [-0.15, -0.1) is 0 Å². The molecule has 2 rings (SSSR count). The summed E-state index contributed by atoms with van der Waals surface area (Å²) in [5, 5.41) is 0. The summed E-state index contributed by atoms with van der Waals surface area (Å²) in [5.74, 6) is 0.0220. The molecule has 1 heterocycles. The molecule has 0 aliphatic carbocycles. The molecule has 1 aliphatic rings. The van der Waals surface area contributed by atoms with Crippen molar-refractivity contribution in [2.24, 2.45) is 0 Å². The number of hydrogen-bond donors (Lipinski definition) is 1. The molecule has 0 saturated carbocycles. The summed E-state index contributed by atoms with van der Waals surface area (Å²) in [6, 6.07) is 6.08. The van der Waals surface area contributed by atoms with Gasteiger partial charge in [0.1, 0.15) is 0 Å². The number of nitrogens with two attached hydrogens (primary N) is 1. The number of hydrogen-bond acceptors (Lipinski definition) is 3. The Morgan fingerprint density at radius 2 is 2.05 bits per heavy atom. The van der Waals surface area contributed by atoms with Crippen molar-refractivity contribution in [3.63, 3.8) is 0 Å². The molecule has 4 heteroatoms. The first-order chi connectivity index (χ1) is 9.50. The molecule has 0 aromatic heterocycles. The van der Waals surface area contributed by atoms with Crippen LogP contribution in [0.15, 0.2) is 18.2 Å². The van der Waals surface area contributed by atoms with Crippen molar-refractivity contribution in [2.45, 2.75) is 38.6 Å². The molecule has 1 aromatic carbocycles. The monoisotopic (exact) mass is 275 g/mol. The molecule has 110 valence electrons. The summed E-state index contributed by atoms with van der Waals surface area (Å²) >= 11 is 0. The maximum Gasteiger partial charge on any atom is 0.253 e. The average Bonchev–Trinajstić information content (AvgIpc) is 2.63. The highest BCUT2D eigenvalue weighted by Crippen LogP contribution is 2.30. The Labute approximate surface area is 121 Å². The summed E-state index contributed by atoms with van der Waals surface area (Å²) in [6.45, 7) is 3.26. The topological polar surface area (TPSA) is 49.6 Å². The molecule has 2 N–H and O–H groups in total. The van der Waals surface area contributed by atoms with Crippen molar-refractivity contribution < 1.29 is 4.79 Å². The van der Waals surface area contributed by atoms with Gasteiger partial charge in [0, 0.05) is 32.2 Å². The quantitative estimate of drug-likeness (QED) is 0.844. The van der Waals surface area contributed by atoms with E-state index < -0.39 is 0 Å². The molecule has 1 amide bonds. The SMILES string of the molecule is CC1CCCCCN1c1cc(C(=O)N(C)C)ccc1N. The highest BCUT2D eigenvalue weighted by atomic mass is 16.2. The number of nitrogens with zero attached hydrogens (tertiary/aromatic N) is 2. The maximum absolute atomic E-state index is 12.1. The van der Waals surface area contributed by atoms with E-state index in [0.29, 0.717) is 11.6 Å².